The van der Waals surface area contributed by atoms with Crippen LogP contribution in [0.15, 0.2) is 84.9 Å². The number of likely N-dealkylation sites (tertiary alicyclic amines) is 1. The van der Waals surface area contributed by atoms with Crippen LogP contribution in [0.1, 0.15) is 23.2 Å². The van der Waals surface area contributed by atoms with Gasteiger partial charge in [-0.25, -0.2) is 0 Å². The van der Waals surface area contributed by atoms with Gasteiger partial charge in [0.1, 0.15) is 17.5 Å². The Morgan fingerprint density at radius 2 is 1.55 bits per heavy atom. The number of hydrogen-bond acceptors (Lipinski definition) is 3. The minimum atomic E-state index is -0.471. The molecule has 1 fully saturated rings. The van der Waals surface area contributed by atoms with Crippen LogP contribution < -0.4 is 10.1 Å². The lowest BCUT2D eigenvalue weighted by Gasteiger charge is -2.24. The number of para-hydroxylation sites is 1. The first-order chi connectivity index (χ1) is 14.2. The van der Waals surface area contributed by atoms with Gasteiger partial charge in [-0.15, -0.1) is 0 Å². The van der Waals surface area contributed by atoms with Gasteiger partial charge in [0.05, 0.1) is 0 Å². The van der Waals surface area contributed by atoms with Gasteiger partial charge < -0.3 is 15.0 Å². The highest BCUT2D eigenvalue weighted by atomic mass is 16.5. The SMILES string of the molecule is O=C(Nc1cccc(Oc2ccccc2)c1)C1CCCN1C(=O)c1ccccc1. The molecule has 1 N–H and O–H groups in total. The molecule has 4 rings (SSSR count). The summed E-state index contributed by atoms with van der Waals surface area (Å²) < 4.78 is 5.83. The first kappa shape index (κ1) is 18.7. The Balaban J connectivity index is 1.44. The van der Waals surface area contributed by atoms with E-state index in [4.69, 9.17) is 4.74 Å². The van der Waals surface area contributed by atoms with Crippen molar-refractivity contribution >= 4 is 17.5 Å². The van der Waals surface area contributed by atoms with Crippen LogP contribution >= 0.6 is 0 Å². The average Bonchev–Trinajstić information content (AvgIpc) is 3.25. The lowest BCUT2D eigenvalue weighted by atomic mass is 10.1. The molecule has 1 atom stereocenters. The summed E-state index contributed by atoms with van der Waals surface area (Å²) in [6, 6.07) is 25.3. The molecule has 0 spiro atoms. The van der Waals surface area contributed by atoms with Gasteiger partial charge in [-0.05, 0) is 49.2 Å². The van der Waals surface area contributed by atoms with E-state index in [0.29, 0.717) is 30.0 Å². The molecule has 29 heavy (non-hydrogen) atoms. The molecule has 0 saturated carbocycles. The molecule has 5 nitrogen and oxygen atoms in total. The average molecular weight is 386 g/mol. The lowest BCUT2D eigenvalue weighted by molar-refractivity contribution is -0.119. The van der Waals surface area contributed by atoms with Crippen molar-refractivity contribution < 1.29 is 14.3 Å². The maximum Gasteiger partial charge on any atom is 0.254 e. The monoisotopic (exact) mass is 386 g/mol. The topological polar surface area (TPSA) is 58.6 Å². The minimum Gasteiger partial charge on any atom is -0.457 e. The van der Waals surface area contributed by atoms with Crippen LogP contribution in [0.2, 0.25) is 0 Å². The van der Waals surface area contributed by atoms with E-state index in [1.54, 1.807) is 23.1 Å². The summed E-state index contributed by atoms with van der Waals surface area (Å²) in [5.41, 5.74) is 1.24. The summed E-state index contributed by atoms with van der Waals surface area (Å²) in [5, 5.41) is 2.93. The quantitative estimate of drug-likeness (QED) is 0.690. The van der Waals surface area contributed by atoms with Gasteiger partial charge in [0.15, 0.2) is 0 Å². The molecular weight excluding hydrogens is 364 g/mol. The van der Waals surface area contributed by atoms with E-state index in [9.17, 15) is 9.59 Å². The van der Waals surface area contributed by atoms with E-state index < -0.39 is 6.04 Å². The molecular formula is C24H22N2O3. The maximum absolute atomic E-state index is 12.9. The summed E-state index contributed by atoms with van der Waals surface area (Å²) >= 11 is 0. The molecule has 1 aliphatic rings. The normalized spacial score (nSPS) is 15.7. The Morgan fingerprint density at radius 3 is 2.31 bits per heavy atom. The molecule has 0 bridgehead atoms. The summed E-state index contributed by atoms with van der Waals surface area (Å²) in [5.74, 6) is 1.08. The second-order valence-electron chi connectivity index (χ2n) is 6.95. The third-order valence-electron chi connectivity index (χ3n) is 4.92. The highest BCUT2D eigenvalue weighted by Crippen LogP contribution is 2.25. The summed E-state index contributed by atoms with van der Waals surface area (Å²) in [7, 11) is 0. The molecule has 0 radical (unpaired) electrons. The third-order valence-corrected chi connectivity index (χ3v) is 4.92. The highest BCUT2D eigenvalue weighted by Gasteiger charge is 2.34. The number of benzene rings is 3. The first-order valence-corrected chi connectivity index (χ1v) is 9.70. The molecule has 146 valence electrons. The Hall–Kier alpha value is -3.60. The van der Waals surface area contributed by atoms with Crippen molar-refractivity contribution in [3.63, 3.8) is 0 Å². The van der Waals surface area contributed by atoms with Gasteiger partial charge >= 0.3 is 0 Å². The number of carbonyl (C=O) groups excluding carboxylic acids is 2. The molecule has 1 heterocycles. The summed E-state index contributed by atoms with van der Waals surface area (Å²) in [6.07, 6.45) is 1.47. The van der Waals surface area contributed by atoms with Crippen molar-refractivity contribution in [3.8, 4) is 11.5 Å². The van der Waals surface area contributed by atoms with Gasteiger partial charge in [-0.1, -0.05) is 42.5 Å². The van der Waals surface area contributed by atoms with Crippen LogP contribution in [0, 0.1) is 0 Å². The van der Waals surface area contributed by atoms with Crippen LogP contribution in [0.25, 0.3) is 0 Å². The number of anilines is 1. The van der Waals surface area contributed by atoms with Crippen molar-refractivity contribution in [3.05, 3.63) is 90.5 Å². The highest BCUT2D eigenvalue weighted by molar-refractivity contribution is 6.01. The van der Waals surface area contributed by atoms with Crippen LogP contribution in [-0.2, 0) is 4.79 Å². The predicted molar refractivity (Wildman–Crippen MR) is 112 cm³/mol. The second kappa shape index (κ2) is 8.61. The summed E-state index contributed by atoms with van der Waals surface area (Å²) in [4.78, 5) is 27.3. The first-order valence-electron chi connectivity index (χ1n) is 9.70. The molecule has 0 aliphatic carbocycles. The smallest absolute Gasteiger partial charge is 0.254 e. The van der Waals surface area contributed by atoms with Gasteiger partial charge in [0.25, 0.3) is 5.91 Å². The van der Waals surface area contributed by atoms with E-state index in [0.717, 1.165) is 12.2 Å². The van der Waals surface area contributed by atoms with Crippen LogP contribution in [-0.4, -0.2) is 29.3 Å². The molecule has 3 aromatic rings. The third kappa shape index (κ3) is 4.46. The second-order valence-corrected chi connectivity index (χ2v) is 6.95. The van der Waals surface area contributed by atoms with Gasteiger partial charge in [-0.2, -0.15) is 0 Å². The Morgan fingerprint density at radius 1 is 0.862 bits per heavy atom. The number of rotatable bonds is 5. The van der Waals surface area contributed by atoms with Crippen molar-refractivity contribution in [1.29, 1.82) is 0 Å². The number of ether oxygens (including phenoxy) is 1. The zero-order valence-electron chi connectivity index (χ0n) is 16.0. The van der Waals surface area contributed by atoms with Gasteiger partial charge in [0.2, 0.25) is 5.91 Å². The predicted octanol–water partition coefficient (Wildman–Crippen LogP) is 4.72. The number of hydrogen-bond donors (Lipinski definition) is 1. The van der Waals surface area contributed by atoms with Crippen LogP contribution in [0.4, 0.5) is 5.69 Å². The number of amides is 2. The molecule has 2 amide bonds. The minimum absolute atomic E-state index is 0.107. The van der Waals surface area contributed by atoms with Crippen molar-refractivity contribution in [1.82, 2.24) is 4.90 Å². The Bertz CT molecular complexity index is 989. The van der Waals surface area contributed by atoms with E-state index in [1.807, 2.05) is 66.7 Å². The zero-order valence-corrected chi connectivity index (χ0v) is 16.0. The Labute approximate surface area is 169 Å². The molecule has 1 saturated heterocycles. The zero-order chi connectivity index (χ0) is 20.1. The molecule has 1 unspecified atom stereocenters. The number of nitrogens with zero attached hydrogens (tertiary/aromatic N) is 1. The largest absolute Gasteiger partial charge is 0.457 e. The number of nitrogens with one attached hydrogen (secondary N) is 1. The standard InChI is InChI=1S/C24H22N2O3/c27-23(22-15-8-16-26(22)24(28)18-9-3-1-4-10-18)25-19-11-7-14-21(17-19)29-20-12-5-2-6-13-20/h1-7,9-14,17,22H,8,15-16H2,(H,25,27). The van der Waals surface area contributed by atoms with Crippen molar-refractivity contribution in [2.45, 2.75) is 18.9 Å². The molecule has 1 aliphatic heterocycles. The fourth-order valence-electron chi connectivity index (χ4n) is 3.52. The van der Waals surface area contributed by atoms with Gasteiger partial charge in [-0.3, -0.25) is 9.59 Å². The van der Waals surface area contributed by atoms with E-state index in [-0.39, 0.29) is 11.8 Å². The molecule has 0 aromatic heterocycles. The fourth-order valence-corrected chi connectivity index (χ4v) is 3.52. The fraction of sp³-hybridized carbons (Fsp3) is 0.167. The maximum atomic E-state index is 12.9. The summed E-state index contributed by atoms with van der Waals surface area (Å²) in [6.45, 7) is 0.586. The lowest BCUT2D eigenvalue weighted by Crippen LogP contribution is -2.43. The van der Waals surface area contributed by atoms with Crippen LogP contribution in [0.3, 0.4) is 0 Å². The van der Waals surface area contributed by atoms with E-state index >= 15 is 0 Å². The van der Waals surface area contributed by atoms with Gasteiger partial charge in [0, 0.05) is 23.9 Å². The van der Waals surface area contributed by atoms with Crippen LogP contribution in [0.5, 0.6) is 11.5 Å². The van der Waals surface area contributed by atoms with E-state index in [2.05, 4.69) is 5.32 Å². The van der Waals surface area contributed by atoms with E-state index in [1.165, 1.54) is 0 Å². The van der Waals surface area contributed by atoms with Crippen molar-refractivity contribution in [2.75, 3.05) is 11.9 Å². The Kier molecular flexibility index (Phi) is 5.56. The van der Waals surface area contributed by atoms with Crippen molar-refractivity contribution in [2.24, 2.45) is 0 Å². The number of carbonyl (C=O) groups is 2. The molecule has 5 heteroatoms. The molecule has 3 aromatic carbocycles.